The number of nitrogens with zero attached hydrogens (tertiary/aromatic N) is 1. The van der Waals surface area contributed by atoms with Crippen molar-refractivity contribution in [2.45, 2.75) is 6.92 Å². The molecule has 1 aliphatic rings. The van der Waals surface area contributed by atoms with Crippen LogP contribution >= 0.6 is 31.9 Å². The van der Waals surface area contributed by atoms with Gasteiger partial charge in [-0.15, -0.1) is 0 Å². The number of hydrogen-bond acceptors (Lipinski definition) is 4. The first-order chi connectivity index (χ1) is 9.02. The first-order valence-electron chi connectivity index (χ1n) is 5.92. The highest BCUT2D eigenvalue weighted by atomic mass is 79.9. The Morgan fingerprint density at radius 1 is 1.47 bits per heavy atom. The molecule has 2 rings (SSSR count). The van der Waals surface area contributed by atoms with Crippen molar-refractivity contribution in [2.24, 2.45) is 5.92 Å². The van der Waals surface area contributed by atoms with Crippen molar-refractivity contribution in [3.05, 3.63) is 27.1 Å². The number of esters is 1. The molecular formula is C13H13Br2NO3. The first-order valence-corrected chi connectivity index (χ1v) is 7.51. The zero-order valence-corrected chi connectivity index (χ0v) is 13.5. The Kier molecular flexibility index (Phi) is 4.62. The van der Waals surface area contributed by atoms with Gasteiger partial charge in [0.05, 0.1) is 18.8 Å². The maximum Gasteiger partial charge on any atom is 0.318 e. The maximum absolute atomic E-state index is 11.9. The normalized spacial score (nSPS) is 18.8. The third-order valence-electron chi connectivity index (χ3n) is 2.96. The molecule has 0 N–H and O–H groups in total. The van der Waals surface area contributed by atoms with E-state index in [9.17, 15) is 9.59 Å². The molecule has 1 fully saturated rings. The van der Waals surface area contributed by atoms with Crippen LogP contribution in [0.4, 0.5) is 5.69 Å². The molecule has 102 valence electrons. The molecule has 0 saturated carbocycles. The molecule has 0 aliphatic carbocycles. The predicted octanol–water partition coefficient (Wildman–Crippen LogP) is 2.78. The van der Waals surface area contributed by atoms with E-state index in [0.717, 1.165) is 14.6 Å². The van der Waals surface area contributed by atoms with Crippen LogP contribution in [0.3, 0.4) is 0 Å². The van der Waals surface area contributed by atoms with Crippen LogP contribution in [0.1, 0.15) is 6.92 Å². The largest absolute Gasteiger partial charge is 0.465 e. The number of carbonyl (C=O) groups excluding carboxylic acids is 2. The van der Waals surface area contributed by atoms with Crippen LogP contribution in [-0.4, -0.2) is 31.4 Å². The van der Waals surface area contributed by atoms with Gasteiger partial charge in [-0.1, -0.05) is 15.9 Å². The minimum Gasteiger partial charge on any atom is -0.465 e. The van der Waals surface area contributed by atoms with E-state index in [1.165, 1.54) is 0 Å². The fraction of sp³-hybridized carbons (Fsp3) is 0.385. The van der Waals surface area contributed by atoms with Crippen LogP contribution in [0, 0.1) is 5.92 Å². The first kappa shape index (κ1) is 14.5. The minimum absolute atomic E-state index is 0.0923. The van der Waals surface area contributed by atoms with Crippen molar-refractivity contribution in [1.29, 1.82) is 0 Å². The van der Waals surface area contributed by atoms with Crippen LogP contribution in [0.2, 0.25) is 0 Å². The number of benzene rings is 1. The van der Waals surface area contributed by atoms with Gasteiger partial charge in [-0.25, -0.2) is 0 Å². The zero-order valence-electron chi connectivity index (χ0n) is 10.4. The molecule has 1 aromatic carbocycles. The van der Waals surface area contributed by atoms with E-state index in [-0.39, 0.29) is 12.3 Å². The fourth-order valence-corrected chi connectivity index (χ4v) is 2.89. The van der Waals surface area contributed by atoms with Gasteiger partial charge in [0.15, 0.2) is 5.78 Å². The average Bonchev–Trinajstić information content (AvgIpc) is 2.74. The Morgan fingerprint density at radius 2 is 2.21 bits per heavy atom. The van der Waals surface area contributed by atoms with Crippen LogP contribution in [-0.2, 0) is 14.3 Å². The average molecular weight is 391 g/mol. The van der Waals surface area contributed by atoms with Crippen LogP contribution < -0.4 is 4.90 Å². The quantitative estimate of drug-likeness (QED) is 0.588. The van der Waals surface area contributed by atoms with Crippen LogP contribution in [0.15, 0.2) is 27.1 Å². The van der Waals surface area contributed by atoms with Gasteiger partial charge < -0.3 is 9.64 Å². The van der Waals surface area contributed by atoms with Crippen LogP contribution in [0.25, 0.3) is 0 Å². The number of anilines is 1. The summed E-state index contributed by atoms with van der Waals surface area (Å²) in [6.07, 6.45) is 0. The molecule has 4 nitrogen and oxygen atoms in total. The van der Waals surface area contributed by atoms with Gasteiger partial charge >= 0.3 is 5.97 Å². The molecule has 19 heavy (non-hydrogen) atoms. The lowest BCUT2D eigenvalue weighted by Gasteiger charge is -2.19. The Hall–Kier alpha value is -0.880. The third-order valence-corrected chi connectivity index (χ3v) is 4.12. The van der Waals surface area contributed by atoms with Gasteiger partial charge in [0.2, 0.25) is 0 Å². The van der Waals surface area contributed by atoms with Gasteiger partial charge in [0.1, 0.15) is 5.92 Å². The number of Topliss-reactive ketones (excluding diaryl/α,β-unsaturated/α-hetero) is 1. The van der Waals surface area contributed by atoms with Crippen molar-refractivity contribution < 1.29 is 14.3 Å². The summed E-state index contributed by atoms with van der Waals surface area (Å²) in [5.41, 5.74) is 0.898. The lowest BCUT2D eigenvalue weighted by Crippen LogP contribution is -2.25. The highest BCUT2D eigenvalue weighted by Crippen LogP contribution is 2.32. The summed E-state index contributed by atoms with van der Waals surface area (Å²) in [7, 11) is 0. The second kappa shape index (κ2) is 6.05. The maximum atomic E-state index is 11.9. The summed E-state index contributed by atoms with van der Waals surface area (Å²) in [5, 5.41) is 0. The summed E-state index contributed by atoms with van der Waals surface area (Å²) < 4.78 is 6.75. The second-order valence-corrected chi connectivity index (χ2v) is 6.02. The second-order valence-electron chi connectivity index (χ2n) is 4.25. The zero-order chi connectivity index (χ0) is 14.0. The van der Waals surface area contributed by atoms with E-state index < -0.39 is 11.9 Å². The molecule has 6 heteroatoms. The molecule has 1 aromatic rings. The van der Waals surface area contributed by atoms with Crippen molar-refractivity contribution >= 4 is 49.3 Å². The summed E-state index contributed by atoms with van der Waals surface area (Å²) in [6, 6.07) is 5.74. The van der Waals surface area contributed by atoms with Crippen molar-refractivity contribution in [3.63, 3.8) is 0 Å². The fourth-order valence-electron chi connectivity index (χ4n) is 2.05. The molecule has 0 spiro atoms. The summed E-state index contributed by atoms with van der Waals surface area (Å²) >= 11 is 6.86. The summed E-state index contributed by atoms with van der Waals surface area (Å²) in [6.45, 7) is 2.63. The Morgan fingerprint density at radius 3 is 2.89 bits per heavy atom. The molecule has 1 atom stereocenters. The molecule has 0 radical (unpaired) electrons. The van der Waals surface area contributed by atoms with E-state index in [4.69, 9.17) is 4.74 Å². The number of ether oxygens (including phenoxy) is 1. The van der Waals surface area contributed by atoms with Gasteiger partial charge in [0, 0.05) is 15.5 Å². The monoisotopic (exact) mass is 389 g/mol. The molecule has 1 heterocycles. The number of hydrogen-bond donors (Lipinski definition) is 0. The van der Waals surface area contributed by atoms with Crippen molar-refractivity contribution in [2.75, 3.05) is 24.6 Å². The van der Waals surface area contributed by atoms with Crippen molar-refractivity contribution in [3.8, 4) is 0 Å². The number of halogens is 2. The smallest absolute Gasteiger partial charge is 0.318 e. The van der Waals surface area contributed by atoms with Crippen molar-refractivity contribution in [1.82, 2.24) is 0 Å². The molecular weight excluding hydrogens is 378 g/mol. The standard InChI is InChI=1S/C13H13Br2NO3/c1-2-19-13(18)9-6-16(7-12(9)17)11-5-8(14)3-4-10(11)15/h3-5,9H,2,6-7H2,1H3. The van der Waals surface area contributed by atoms with E-state index >= 15 is 0 Å². The summed E-state index contributed by atoms with van der Waals surface area (Å²) in [5.74, 6) is -1.20. The van der Waals surface area contributed by atoms with Gasteiger partial charge in [0.25, 0.3) is 0 Å². The Labute approximate surface area is 128 Å². The Balaban J connectivity index is 2.18. The van der Waals surface area contributed by atoms with Gasteiger partial charge in [-0.2, -0.15) is 0 Å². The predicted molar refractivity (Wildman–Crippen MR) is 79.2 cm³/mol. The minimum atomic E-state index is -0.675. The highest BCUT2D eigenvalue weighted by molar-refractivity contribution is 9.11. The molecule has 1 saturated heterocycles. The van der Waals surface area contributed by atoms with E-state index in [1.54, 1.807) is 6.92 Å². The van der Waals surface area contributed by atoms with Gasteiger partial charge in [-0.3, -0.25) is 9.59 Å². The molecule has 1 aliphatic heterocycles. The lowest BCUT2D eigenvalue weighted by molar-refractivity contribution is -0.149. The number of ketones is 1. The molecule has 0 amide bonds. The molecule has 0 bridgehead atoms. The SMILES string of the molecule is CCOC(=O)C1CN(c2cc(Br)ccc2Br)CC1=O. The lowest BCUT2D eigenvalue weighted by atomic mass is 10.1. The third kappa shape index (κ3) is 3.17. The molecule has 0 aromatic heterocycles. The highest BCUT2D eigenvalue weighted by Gasteiger charge is 2.37. The van der Waals surface area contributed by atoms with E-state index in [2.05, 4.69) is 31.9 Å². The molecule has 1 unspecified atom stereocenters. The number of rotatable bonds is 3. The van der Waals surface area contributed by atoms with Crippen LogP contribution in [0.5, 0.6) is 0 Å². The number of carbonyl (C=O) groups is 2. The van der Waals surface area contributed by atoms with E-state index in [0.29, 0.717) is 13.2 Å². The van der Waals surface area contributed by atoms with Gasteiger partial charge in [-0.05, 0) is 41.1 Å². The Bertz CT molecular complexity index is 519. The van der Waals surface area contributed by atoms with E-state index in [1.807, 2.05) is 23.1 Å². The topological polar surface area (TPSA) is 46.6 Å². The summed E-state index contributed by atoms with van der Waals surface area (Å²) in [4.78, 5) is 25.5.